The fourth-order valence-corrected chi connectivity index (χ4v) is 13.6. The van der Waals surface area contributed by atoms with Gasteiger partial charge in [0.1, 0.15) is 0 Å². The van der Waals surface area contributed by atoms with Crippen molar-refractivity contribution < 1.29 is 0 Å². The van der Waals surface area contributed by atoms with Gasteiger partial charge in [0.2, 0.25) is 0 Å². The number of thioether (sulfide) groups is 6. The molecule has 0 spiro atoms. The molecule has 1 aromatic carbocycles. The zero-order valence-electron chi connectivity index (χ0n) is 16.4. The Morgan fingerprint density at radius 2 is 1.21 bits per heavy atom. The second-order valence-corrected chi connectivity index (χ2v) is 16.4. The molecule has 0 nitrogen and oxygen atoms in total. The largest absolute Gasteiger partial charge is 0.178 e. The summed E-state index contributed by atoms with van der Waals surface area (Å²) < 4.78 is 1.46. The van der Waals surface area contributed by atoms with Gasteiger partial charge in [-0.05, 0) is 11.1 Å². The molecule has 0 N–H and O–H groups in total. The summed E-state index contributed by atoms with van der Waals surface area (Å²) in [4.78, 5) is 0. The Morgan fingerprint density at radius 3 is 1.54 bits per heavy atom. The maximum atomic E-state index is 4.46. The van der Waals surface area contributed by atoms with E-state index in [1.165, 1.54) is 22.6 Å². The fraction of sp³-hybridized carbons (Fsp3) is 0.700. The summed E-state index contributed by atoms with van der Waals surface area (Å²) >= 11 is 21.6. The highest BCUT2D eigenvalue weighted by molar-refractivity contribution is 8.22. The van der Waals surface area contributed by atoms with Gasteiger partial charge in [-0.2, -0.15) is 48.8 Å². The van der Waals surface area contributed by atoms with Crippen molar-refractivity contribution in [1.82, 2.24) is 0 Å². The van der Waals surface area contributed by atoms with Gasteiger partial charge in [0.15, 0.2) is 0 Å². The second-order valence-electron chi connectivity index (χ2n) is 7.13. The van der Waals surface area contributed by atoms with Crippen LogP contribution in [0.3, 0.4) is 0 Å². The second kappa shape index (κ2) is 12.9. The zero-order valence-corrected chi connectivity index (χ0v) is 23.0. The molecule has 6 atom stereocenters. The molecule has 0 bridgehead atoms. The van der Waals surface area contributed by atoms with Gasteiger partial charge in [0.25, 0.3) is 0 Å². The van der Waals surface area contributed by atoms with Crippen LogP contribution >= 0.6 is 95.8 Å². The predicted molar refractivity (Wildman–Crippen MR) is 151 cm³/mol. The van der Waals surface area contributed by atoms with Crippen molar-refractivity contribution in [3.05, 3.63) is 35.4 Å². The molecule has 1 aromatic rings. The lowest BCUT2D eigenvalue weighted by Crippen LogP contribution is -2.11. The SMILES string of the molecule is CC(SCc1ccc(CSC(C)C2SCC(CS)S2)cc1)C1SCC(CS)S1. The number of hydrogen-bond donors (Lipinski definition) is 2. The average Bonchev–Trinajstić information content (AvgIpc) is 3.40. The first-order valence-electron chi connectivity index (χ1n) is 9.66. The third kappa shape index (κ3) is 7.56. The molecular weight excluding hydrogens is 497 g/mol. The lowest BCUT2D eigenvalue weighted by Gasteiger charge is -2.18. The van der Waals surface area contributed by atoms with Crippen LogP contribution in [-0.2, 0) is 11.5 Å². The minimum atomic E-state index is 0.693. The van der Waals surface area contributed by atoms with Gasteiger partial charge in [-0.3, -0.25) is 0 Å². The van der Waals surface area contributed by atoms with E-state index in [2.05, 4.69) is 134 Å². The first-order valence-corrected chi connectivity index (χ1v) is 17.0. The van der Waals surface area contributed by atoms with Crippen LogP contribution in [0.15, 0.2) is 24.3 Å². The van der Waals surface area contributed by atoms with E-state index in [0.29, 0.717) is 10.5 Å². The number of benzene rings is 1. The van der Waals surface area contributed by atoms with Gasteiger partial charge in [-0.15, -0.1) is 47.0 Å². The Bertz CT molecular complexity index is 529. The summed E-state index contributed by atoms with van der Waals surface area (Å²) in [6.07, 6.45) is 0. The third-order valence-electron chi connectivity index (χ3n) is 4.77. The Kier molecular flexibility index (Phi) is 11.4. The van der Waals surface area contributed by atoms with Crippen LogP contribution in [0.25, 0.3) is 0 Å². The van der Waals surface area contributed by atoms with E-state index in [9.17, 15) is 0 Å². The number of hydrogen-bond acceptors (Lipinski definition) is 8. The van der Waals surface area contributed by atoms with E-state index in [1.807, 2.05) is 0 Å². The smallest absolute Gasteiger partial charge is 0.0622 e. The van der Waals surface area contributed by atoms with Crippen molar-refractivity contribution in [3.63, 3.8) is 0 Å². The summed E-state index contributed by atoms with van der Waals surface area (Å²) in [6.45, 7) is 4.78. The normalized spacial score (nSPS) is 29.9. The maximum Gasteiger partial charge on any atom is 0.0622 e. The van der Waals surface area contributed by atoms with Crippen LogP contribution < -0.4 is 0 Å². The molecule has 6 unspecified atom stereocenters. The Hall–Kier alpha value is 2.02. The molecule has 158 valence electrons. The van der Waals surface area contributed by atoms with Crippen LogP contribution in [0.5, 0.6) is 0 Å². The quantitative estimate of drug-likeness (QED) is 0.309. The highest BCUT2D eigenvalue weighted by Crippen LogP contribution is 2.45. The van der Waals surface area contributed by atoms with Crippen LogP contribution in [0, 0.1) is 0 Å². The monoisotopic (exact) mass is 526 g/mol. The van der Waals surface area contributed by atoms with Crippen molar-refractivity contribution in [3.8, 4) is 0 Å². The Morgan fingerprint density at radius 1 is 0.821 bits per heavy atom. The van der Waals surface area contributed by atoms with Crippen LogP contribution in [0.1, 0.15) is 25.0 Å². The number of thiol groups is 2. The molecule has 0 radical (unpaired) electrons. The summed E-state index contributed by atoms with van der Waals surface area (Å²) in [5, 5.41) is 2.87. The van der Waals surface area contributed by atoms with Crippen LogP contribution in [0.4, 0.5) is 0 Å². The van der Waals surface area contributed by atoms with Crippen molar-refractivity contribution in [2.24, 2.45) is 0 Å². The molecule has 28 heavy (non-hydrogen) atoms. The molecule has 3 rings (SSSR count). The molecule has 0 aliphatic carbocycles. The summed E-state index contributed by atoms with van der Waals surface area (Å²) in [5.74, 6) is 6.79. The van der Waals surface area contributed by atoms with Crippen molar-refractivity contribution in [2.75, 3.05) is 23.0 Å². The third-order valence-corrected chi connectivity index (χ3v) is 16.8. The molecule has 8 heteroatoms. The van der Waals surface area contributed by atoms with Crippen molar-refractivity contribution in [1.29, 1.82) is 0 Å². The Labute approximate surface area is 208 Å². The summed E-state index contributed by atoms with van der Waals surface area (Å²) in [7, 11) is 0. The predicted octanol–water partition coefficient (Wildman–Crippen LogP) is 7.14. The molecule has 0 aromatic heterocycles. The van der Waals surface area contributed by atoms with Gasteiger partial charge < -0.3 is 0 Å². The van der Waals surface area contributed by atoms with Gasteiger partial charge in [-0.1, -0.05) is 38.1 Å². The first-order chi connectivity index (χ1) is 13.6. The average molecular weight is 527 g/mol. The molecular formula is C20H30S8. The maximum absolute atomic E-state index is 4.46. The first kappa shape index (κ1) is 24.7. The van der Waals surface area contributed by atoms with Crippen LogP contribution in [-0.4, -0.2) is 53.2 Å². The molecule has 2 aliphatic heterocycles. The molecule has 2 saturated heterocycles. The van der Waals surface area contributed by atoms with Gasteiger partial charge in [-0.25, -0.2) is 0 Å². The highest BCUT2D eigenvalue weighted by atomic mass is 32.2. The van der Waals surface area contributed by atoms with Gasteiger partial charge in [0.05, 0.1) is 9.16 Å². The lowest BCUT2D eigenvalue weighted by molar-refractivity contribution is 1.08. The van der Waals surface area contributed by atoms with E-state index in [0.717, 1.165) is 42.7 Å². The number of rotatable bonds is 10. The topological polar surface area (TPSA) is 0 Å². The molecule has 2 heterocycles. The Balaban J connectivity index is 1.37. The van der Waals surface area contributed by atoms with Crippen LogP contribution in [0.2, 0.25) is 0 Å². The standard InChI is InChI=1S/C20H30S8/c1-13(19-25-11-17(7-21)27-19)23-9-15-3-5-16(6-4-15)10-24-14(2)20-26-12-18(8-22)28-20/h3-6,13-14,17-22H,7-12H2,1-2H3. The van der Waals surface area contributed by atoms with E-state index < -0.39 is 0 Å². The van der Waals surface area contributed by atoms with E-state index >= 15 is 0 Å². The molecule has 2 fully saturated rings. The van der Waals surface area contributed by atoms with E-state index in [1.54, 1.807) is 0 Å². The molecule has 0 amide bonds. The molecule has 0 saturated carbocycles. The van der Waals surface area contributed by atoms with Crippen molar-refractivity contribution in [2.45, 2.75) is 55.5 Å². The fourth-order valence-electron chi connectivity index (χ4n) is 2.97. The van der Waals surface area contributed by atoms with Gasteiger partial charge in [0, 0.05) is 55.5 Å². The van der Waals surface area contributed by atoms with E-state index in [-0.39, 0.29) is 0 Å². The van der Waals surface area contributed by atoms with E-state index in [4.69, 9.17) is 0 Å². The van der Waals surface area contributed by atoms with Crippen molar-refractivity contribution >= 4 is 95.8 Å². The van der Waals surface area contributed by atoms with Gasteiger partial charge >= 0.3 is 0 Å². The highest BCUT2D eigenvalue weighted by Gasteiger charge is 2.30. The summed E-state index contributed by atoms with van der Waals surface area (Å²) in [6, 6.07) is 9.34. The minimum Gasteiger partial charge on any atom is -0.178 e. The molecule has 2 aliphatic rings. The zero-order chi connectivity index (χ0) is 19.9. The summed E-state index contributed by atoms with van der Waals surface area (Å²) in [5.41, 5.74) is 2.91. The minimum absolute atomic E-state index is 0.693. The lowest BCUT2D eigenvalue weighted by atomic mass is 10.2.